The van der Waals surface area contributed by atoms with Gasteiger partial charge in [0.15, 0.2) is 5.65 Å². The highest BCUT2D eigenvalue weighted by Gasteiger charge is 2.36. The van der Waals surface area contributed by atoms with Crippen LogP contribution < -0.4 is 15.5 Å². The van der Waals surface area contributed by atoms with Gasteiger partial charge in [0.1, 0.15) is 12.1 Å². The lowest BCUT2D eigenvalue weighted by Crippen LogP contribution is -2.34. The van der Waals surface area contributed by atoms with Crippen molar-refractivity contribution in [2.45, 2.75) is 12.1 Å². The SMILES string of the molecule is O=C1N[C@@H](c2cc(F)ccc2Cl)c2c(NC(=O)N3C[C@H](O)c4ccccc43)cc(-c3ccc4ncnn4c3)cc21. The normalized spacial score (nSPS) is 17.6. The number of nitrogens with zero attached hydrogens (tertiary/aromatic N) is 4. The molecule has 11 heteroatoms. The number of hydrogen-bond acceptors (Lipinski definition) is 5. The molecule has 198 valence electrons. The lowest BCUT2D eigenvalue weighted by atomic mass is 9.93. The van der Waals surface area contributed by atoms with Crippen LogP contribution >= 0.6 is 11.6 Å². The van der Waals surface area contributed by atoms with E-state index >= 15 is 0 Å². The molecule has 0 fully saturated rings. The Morgan fingerprint density at radius 1 is 1.07 bits per heavy atom. The summed E-state index contributed by atoms with van der Waals surface area (Å²) >= 11 is 6.44. The number of pyridine rings is 1. The van der Waals surface area contributed by atoms with Gasteiger partial charge in [-0.3, -0.25) is 9.69 Å². The van der Waals surface area contributed by atoms with E-state index in [4.69, 9.17) is 11.6 Å². The molecule has 2 atom stereocenters. The number of nitrogens with one attached hydrogen (secondary N) is 2. The second kappa shape index (κ2) is 9.15. The van der Waals surface area contributed by atoms with Crippen molar-refractivity contribution >= 4 is 40.6 Å². The molecule has 40 heavy (non-hydrogen) atoms. The van der Waals surface area contributed by atoms with Gasteiger partial charge in [0.25, 0.3) is 5.91 Å². The van der Waals surface area contributed by atoms with E-state index in [1.165, 1.54) is 29.4 Å². The van der Waals surface area contributed by atoms with E-state index in [1.54, 1.807) is 53.2 Å². The topological polar surface area (TPSA) is 112 Å². The van der Waals surface area contributed by atoms with Gasteiger partial charge in [-0.1, -0.05) is 29.8 Å². The van der Waals surface area contributed by atoms with Crippen LogP contribution in [0.4, 0.5) is 20.6 Å². The number of aromatic nitrogens is 3. The molecule has 3 N–H and O–H groups in total. The maximum absolute atomic E-state index is 14.3. The Bertz CT molecular complexity index is 1860. The Hall–Kier alpha value is -4.80. The number of urea groups is 1. The van der Waals surface area contributed by atoms with Crippen molar-refractivity contribution < 1.29 is 19.1 Å². The van der Waals surface area contributed by atoms with Crippen LogP contribution in [0, 0.1) is 5.82 Å². The summed E-state index contributed by atoms with van der Waals surface area (Å²) in [7, 11) is 0. The molecule has 0 spiro atoms. The van der Waals surface area contributed by atoms with Gasteiger partial charge in [0, 0.05) is 44.7 Å². The fraction of sp³-hybridized carbons (Fsp3) is 0.103. The Morgan fingerprint density at radius 2 is 1.93 bits per heavy atom. The van der Waals surface area contributed by atoms with Crippen molar-refractivity contribution in [1.29, 1.82) is 0 Å². The third-order valence-corrected chi connectivity index (χ3v) is 7.64. The van der Waals surface area contributed by atoms with Gasteiger partial charge < -0.3 is 15.7 Å². The number of aliphatic hydroxyl groups excluding tert-OH is 1. The van der Waals surface area contributed by atoms with Crippen molar-refractivity contribution in [3.63, 3.8) is 0 Å². The number of halogens is 2. The molecule has 2 aliphatic rings. The zero-order valence-corrected chi connectivity index (χ0v) is 21.4. The molecular formula is C29H20ClFN6O3. The number of benzene rings is 3. The van der Waals surface area contributed by atoms with Crippen molar-refractivity contribution in [3.8, 4) is 11.1 Å². The van der Waals surface area contributed by atoms with Crippen LogP contribution in [0.3, 0.4) is 0 Å². The molecule has 3 aromatic carbocycles. The number of para-hydroxylation sites is 1. The summed E-state index contributed by atoms with van der Waals surface area (Å²) in [6.45, 7) is 0.0758. The third kappa shape index (κ3) is 3.88. The predicted octanol–water partition coefficient (Wildman–Crippen LogP) is 5.11. The smallest absolute Gasteiger partial charge is 0.326 e. The molecule has 0 saturated heterocycles. The first-order valence-electron chi connectivity index (χ1n) is 12.5. The first kappa shape index (κ1) is 24.3. The summed E-state index contributed by atoms with van der Waals surface area (Å²) in [5, 5.41) is 20.8. The molecule has 4 heterocycles. The van der Waals surface area contributed by atoms with Gasteiger partial charge >= 0.3 is 6.03 Å². The summed E-state index contributed by atoms with van der Waals surface area (Å²) in [5.41, 5.74) is 4.77. The first-order valence-corrected chi connectivity index (χ1v) is 12.8. The molecule has 2 aliphatic heterocycles. The van der Waals surface area contributed by atoms with Gasteiger partial charge in [-0.05, 0) is 54.1 Å². The second-order valence-electron chi connectivity index (χ2n) is 9.65. The van der Waals surface area contributed by atoms with E-state index in [0.717, 1.165) is 5.56 Å². The van der Waals surface area contributed by atoms with Gasteiger partial charge in [0.05, 0.1) is 24.4 Å². The van der Waals surface area contributed by atoms with Crippen LogP contribution in [0.5, 0.6) is 0 Å². The highest BCUT2D eigenvalue weighted by atomic mass is 35.5. The van der Waals surface area contributed by atoms with Crippen LogP contribution in [0.25, 0.3) is 16.8 Å². The molecule has 3 amide bonds. The van der Waals surface area contributed by atoms with Crippen LogP contribution in [-0.2, 0) is 0 Å². The summed E-state index contributed by atoms with van der Waals surface area (Å²) in [6.07, 6.45) is 2.39. The number of anilines is 2. The maximum atomic E-state index is 14.3. The van der Waals surface area contributed by atoms with E-state index in [1.807, 2.05) is 6.07 Å². The number of fused-ring (bicyclic) bond motifs is 3. The van der Waals surface area contributed by atoms with E-state index in [0.29, 0.717) is 44.8 Å². The van der Waals surface area contributed by atoms with E-state index in [9.17, 15) is 19.1 Å². The van der Waals surface area contributed by atoms with Gasteiger partial charge in [-0.25, -0.2) is 18.7 Å². The summed E-state index contributed by atoms with van der Waals surface area (Å²) in [5.74, 6) is -0.894. The van der Waals surface area contributed by atoms with Crippen LogP contribution in [0.15, 0.2) is 79.3 Å². The quantitative estimate of drug-likeness (QED) is 0.287. The zero-order chi connectivity index (χ0) is 27.5. The van der Waals surface area contributed by atoms with Crippen LogP contribution in [-0.4, -0.2) is 38.2 Å². The molecule has 0 bridgehead atoms. The molecule has 0 saturated carbocycles. The Labute approximate surface area is 231 Å². The van der Waals surface area contributed by atoms with Gasteiger partial charge in [-0.15, -0.1) is 0 Å². The van der Waals surface area contributed by atoms with Gasteiger partial charge in [-0.2, -0.15) is 5.10 Å². The van der Waals surface area contributed by atoms with Crippen molar-refractivity contribution in [1.82, 2.24) is 19.9 Å². The lowest BCUT2D eigenvalue weighted by molar-refractivity contribution is 0.0960. The molecule has 7 rings (SSSR count). The summed E-state index contributed by atoms with van der Waals surface area (Å²) in [6, 6.07) is 16.9. The average molecular weight is 555 g/mol. The Balaban J connectivity index is 1.37. The minimum Gasteiger partial charge on any atom is -0.386 e. The van der Waals surface area contributed by atoms with Crippen molar-refractivity contribution in [2.75, 3.05) is 16.8 Å². The van der Waals surface area contributed by atoms with Gasteiger partial charge in [0.2, 0.25) is 0 Å². The van der Waals surface area contributed by atoms with Crippen LogP contribution in [0.2, 0.25) is 5.02 Å². The number of rotatable bonds is 3. The standard InChI is InChI=1S/C29H20ClFN6O3/c30-21-7-6-17(31)11-19(21)27-26-20(28(39)35-27)9-16(15-5-8-25-32-14-33-37(25)12-15)10-22(26)34-29(40)36-13-24(38)18-3-1-2-4-23(18)36/h1-12,14,24,27,38H,13H2,(H,34,40)(H,35,39)/t24-,27-/m0/s1. The molecule has 2 aromatic heterocycles. The molecule has 0 unspecified atom stereocenters. The Kier molecular flexibility index (Phi) is 5.55. The van der Waals surface area contributed by atoms with Crippen LogP contribution in [0.1, 0.15) is 39.2 Å². The summed E-state index contributed by atoms with van der Waals surface area (Å²) in [4.78, 5) is 32.5. The monoisotopic (exact) mass is 554 g/mol. The zero-order valence-electron chi connectivity index (χ0n) is 20.7. The maximum Gasteiger partial charge on any atom is 0.326 e. The largest absolute Gasteiger partial charge is 0.386 e. The number of β-amino-alcohol motifs (C(OH)–C–C–N with tert-alkyl or cyclic N) is 1. The minimum absolute atomic E-state index is 0.0758. The number of amides is 3. The summed E-state index contributed by atoms with van der Waals surface area (Å²) < 4.78 is 15.9. The number of carbonyl (C=O) groups excluding carboxylic acids is 2. The fourth-order valence-electron chi connectivity index (χ4n) is 5.42. The number of aliphatic hydroxyl groups is 1. The molecule has 0 radical (unpaired) electrons. The first-order chi connectivity index (χ1) is 19.4. The van der Waals surface area contributed by atoms with E-state index in [-0.39, 0.29) is 17.5 Å². The third-order valence-electron chi connectivity index (χ3n) is 7.29. The second-order valence-corrected chi connectivity index (χ2v) is 10.1. The molecule has 9 nitrogen and oxygen atoms in total. The van der Waals surface area contributed by atoms with Crippen molar-refractivity contribution in [3.05, 3.63) is 112 Å². The number of hydrogen-bond donors (Lipinski definition) is 3. The van der Waals surface area contributed by atoms with Crippen molar-refractivity contribution in [2.24, 2.45) is 0 Å². The molecule has 5 aromatic rings. The highest BCUT2D eigenvalue weighted by Crippen LogP contribution is 2.42. The predicted molar refractivity (Wildman–Crippen MR) is 147 cm³/mol. The average Bonchev–Trinajstić information content (AvgIpc) is 3.65. The van der Waals surface area contributed by atoms with E-state index in [2.05, 4.69) is 20.7 Å². The highest BCUT2D eigenvalue weighted by molar-refractivity contribution is 6.31. The molecule has 0 aliphatic carbocycles. The minimum atomic E-state index is -0.824. The molecular weight excluding hydrogens is 535 g/mol. The number of carbonyl (C=O) groups is 2. The van der Waals surface area contributed by atoms with E-state index < -0.39 is 24.0 Å². The lowest BCUT2D eigenvalue weighted by Gasteiger charge is -2.22. The fourth-order valence-corrected chi connectivity index (χ4v) is 5.65. The Morgan fingerprint density at radius 3 is 2.80 bits per heavy atom.